The number of thiazole rings is 1. The minimum absolute atomic E-state index is 0.0000300. The van der Waals surface area contributed by atoms with Crippen molar-refractivity contribution >= 4 is 17.0 Å². The van der Waals surface area contributed by atoms with Crippen LogP contribution in [0.15, 0.2) is 38.9 Å². The molecule has 0 radical (unpaired) electrons. The van der Waals surface area contributed by atoms with Gasteiger partial charge in [0, 0.05) is 35.4 Å². The van der Waals surface area contributed by atoms with Crippen LogP contribution < -0.4 is 10.5 Å². The Kier molecular flexibility index (Phi) is 6.68. The summed E-state index contributed by atoms with van der Waals surface area (Å²) >= 11 is 1.55. The van der Waals surface area contributed by atoms with E-state index in [1.54, 1.807) is 11.3 Å². The summed E-state index contributed by atoms with van der Waals surface area (Å²) < 4.78 is 5.82. The first kappa shape index (κ1) is 23.3. The molecule has 35 heavy (non-hydrogen) atoms. The maximum atomic E-state index is 13.1. The number of unbranched alkanes of at least 4 members (excludes halogenated alkanes) is 1. The van der Waals surface area contributed by atoms with E-state index in [0.717, 1.165) is 47.9 Å². The maximum absolute atomic E-state index is 13.1. The topological polar surface area (TPSA) is 108 Å². The van der Waals surface area contributed by atoms with Crippen LogP contribution in [0.3, 0.4) is 0 Å². The predicted molar refractivity (Wildman–Crippen MR) is 137 cm³/mol. The second-order valence-corrected chi connectivity index (χ2v) is 9.98. The smallest absolute Gasteiger partial charge is 0.264 e. The Hall–Kier alpha value is -3.46. The molecular formula is C26H29N5O3S. The number of aromatic nitrogens is 4. The molecule has 3 aromatic heterocycles. The van der Waals surface area contributed by atoms with Crippen molar-refractivity contribution in [3.8, 4) is 28.3 Å². The lowest BCUT2D eigenvalue weighted by Crippen LogP contribution is -2.17. The predicted octanol–water partition coefficient (Wildman–Crippen LogP) is 5.10. The normalized spacial score (nSPS) is 13.6. The summed E-state index contributed by atoms with van der Waals surface area (Å²) in [5.74, 6) is 0.222. The summed E-state index contributed by atoms with van der Waals surface area (Å²) in [6.45, 7) is 6.09. The fraction of sp³-hybridized carbons (Fsp3) is 0.385. The molecule has 182 valence electrons. The molecule has 2 N–H and O–H groups in total. The number of anilines is 1. The molecule has 0 aliphatic carbocycles. The molecular weight excluding hydrogens is 462 g/mol. The van der Waals surface area contributed by atoms with Crippen molar-refractivity contribution in [3.05, 3.63) is 62.3 Å². The van der Waals surface area contributed by atoms with E-state index in [1.807, 2.05) is 24.4 Å². The van der Waals surface area contributed by atoms with Gasteiger partial charge in [-0.3, -0.25) is 4.79 Å². The number of nitrogens with one attached hydrogen (secondary N) is 1. The molecule has 0 spiro atoms. The highest BCUT2D eigenvalue weighted by Gasteiger charge is 2.24. The van der Waals surface area contributed by atoms with Crippen LogP contribution in [-0.2, 0) is 12.8 Å². The molecule has 0 atom stereocenters. The molecule has 0 unspecified atom stereocenters. The molecule has 0 saturated carbocycles. The van der Waals surface area contributed by atoms with Crippen molar-refractivity contribution < 1.29 is 9.52 Å². The largest absolute Gasteiger partial charge is 0.506 e. The maximum Gasteiger partial charge on any atom is 0.264 e. The van der Waals surface area contributed by atoms with Crippen LogP contribution in [0.2, 0.25) is 0 Å². The number of H-pyrrole nitrogens is 1. The van der Waals surface area contributed by atoms with Gasteiger partial charge in [0.15, 0.2) is 0 Å². The van der Waals surface area contributed by atoms with E-state index in [1.165, 1.54) is 12.8 Å². The molecule has 4 heterocycles. The minimum atomic E-state index is -0.437. The van der Waals surface area contributed by atoms with E-state index in [-0.39, 0.29) is 17.2 Å². The number of pyridine rings is 1. The summed E-state index contributed by atoms with van der Waals surface area (Å²) in [6, 6.07) is 8.14. The van der Waals surface area contributed by atoms with Crippen LogP contribution in [0.1, 0.15) is 54.9 Å². The zero-order chi connectivity index (χ0) is 24.4. The first-order valence-electron chi connectivity index (χ1n) is 12.1. The van der Waals surface area contributed by atoms with Gasteiger partial charge in [0.2, 0.25) is 5.89 Å². The molecule has 1 aliphatic heterocycles. The third kappa shape index (κ3) is 4.86. The Balaban J connectivity index is 1.57. The van der Waals surface area contributed by atoms with Crippen LogP contribution in [0.25, 0.3) is 22.6 Å². The molecule has 1 fully saturated rings. The van der Waals surface area contributed by atoms with Crippen LogP contribution >= 0.6 is 11.3 Å². The summed E-state index contributed by atoms with van der Waals surface area (Å²) in [6.07, 6.45) is 5.25. The van der Waals surface area contributed by atoms with Gasteiger partial charge < -0.3 is 19.4 Å². The summed E-state index contributed by atoms with van der Waals surface area (Å²) in [7, 11) is 0. The molecule has 5 rings (SSSR count). The van der Waals surface area contributed by atoms with E-state index in [4.69, 9.17) is 4.42 Å². The van der Waals surface area contributed by atoms with Crippen LogP contribution in [0.5, 0.6) is 5.75 Å². The van der Waals surface area contributed by atoms with Crippen molar-refractivity contribution in [2.45, 2.75) is 52.4 Å². The van der Waals surface area contributed by atoms with E-state index in [2.05, 4.69) is 44.1 Å². The SMILES string of the molecule is CCCCc1[nH]c(=O)c(-c2nnc(Cc3csc(C)n3)o2)c(O)c1-c1cccc(N2CCCC2)c1. The van der Waals surface area contributed by atoms with Gasteiger partial charge in [-0.1, -0.05) is 25.5 Å². The van der Waals surface area contributed by atoms with E-state index >= 15 is 0 Å². The Morgan fingerprint density at radius 1 is 1.20 bits per heavy atom. The van der Waals surface area contributed by atoms with Gasteiger partial charge in [0.1, 0.15) is 11.3 Å². The van der Waals surface area contributed by atoms with Crippen LogP contribution in [-0.4, -0.2) is 38.4 Å². The Morgan fingerprint density at radius 2 is 2.03 bits per heavy atom. The van der Waals surface area contributed by atoms with Gasteiger partial charge in [-0.05, 0) is 50.3 Å². The van der Waals surface area contributed by atoms with Crippen molar-refractivity contribution in [3.63, 3.8) is 0 Å². The summed E-state index contributed by atoms with van der Waals surface area (Å²) in [4.78, 5) is 22.9. The second-order valence-electron chi connectivity index (χ2n) is 8.91. The zero-order valence-corrected chi connectivity index (χ0v) is 20.8. The van der Waals surface area contributed by atoms with Crippen molar-refractivity contribution in [1.82, 2.24) is 20.2 Å². The first-order chi connectivity index (χ1) is 17.0. The van der Waals surface area contributed by atoms with Gasteiger partial charge in [-0.15, -0.1) is 21.5 Å². The molecule has 8 nitrogen and oxygen atoms in total. The Bertz CT molecular complexity index is 1380. The van der Waals surface area contributed by atoms with Crippen molar-refractivity contribution in [1.29, 1.82) is 0 Å². The molecule has 0 bridgehead atoms. The number of aromatic amines is 1. The van der Waals surface area contributed by atoms with Gasteiger partial charge in [-0.2, -0.15) is 0 Å². The van der Waals surface area contributed by atoms with Gasteiger partial charge in [0.05, 0.1) is 17.1 Å². The fourth-order valence-corrected chi connectivity index (χ4v) is 5.20. The van der Waals surface area contributed by atoms with Crippen molar-refractivity contribution in [2.75, 3.05) is 18.0 Å². The number of rotatable bonds is 8. The Labute approximate surface area is 207 Å². The second kappa shape index (κ2) is 10.0. The highest BCUT2D eigenvalue weighted by molar-refractivity contribution is 7.09. The number of nitrogens with zero attached hydrogens (tertiary/aromatic N) is 4. The van der Waals surface area contributed by atoms with Crippen LogP contribution in [0.4, 0.5) is 5.69 Å². The van der Waals surface area contributed by atoms with Crippen LogP contribution in [0, 0.1) is 6.92 Å². The fourth-order valence-electron chi connectivity index (χ4n) is 4.59. The quantitative estimate of drug-likeness (QED) is 0.353. The number of benzene rings is 1. The molecule has 0 amide bonds. The lowest BCUT2D eigenvalue weighted by Gasteiger charge is -2.20. The summed E-state index contributed by atoms with van der Waals surface area (Å²) in [5.41, 5.74) is 3.70. The number of aromatic hydroxyl groups is 1. The molecule has 9 heteroatoms. The lowest BCUT2D eigenvalue weighted by atomic mass is 9.97. The lowest BCUT2D eigenvalue weighted by molar-refractivity contribution is 0.468. The third-order valence-electron chi connectivity index (χ3n) is 6.33. The highest BCUT2D eigenvalue weighted by Crippen LogP contribution is 2.39. The van der Waals surface area contributed by atoms with Crippen molar-refractivity contribution in [2.24, 2.45) is 0 Å². The minimum Gasteiger partial charge on any atom is -0.506 e. The van der Waals surface area contributed by atoms with E-state index in [9.17, 15) is 9.90 Å². The monoisotopic (exact) mass is 491 g/mol. The zero-order valence-electron chi connectivity index (χ0n) is 20.0. The Morgan fingerprint density at radius 3 is 2.77 bits per heavy atom. The van der Waals surface area contributed by atoms with Gasteiger partial charge in [0.25, 0.3) is 11.4 Å². The number of aryl methyl sites for hydroxylation is 2. The van der Waals surface area contributed by atoms with Gasteiger partial charge in [-0.25, -0.2) is 4.98 Å². The summed E-state index contributed by atoms with van der Waals surface area (Å²) in [5, 5.41) is 22.5. The standard InChI is InChI=1S/C26H29N5O3S/c1-3-4-10-20-22(17-8-7-9-19(13-17)31-11-5-6-12-31)24(32)23(25(33)28-20)26-30-29-21(34-26)14-18-15-35-16(2)27-18/h7-9,13,15H,3-6,10-12,14H2,1-2H3,(H2,28,32,33). The van der Waals surface area contributed by atoms with E-state index < -0.39 is 5.56 Å². The highest BCUT2D eigenvalue weighted by atomic mass is 32.1. The van der Waals surface area contributed by atoms with E-state index in [0.29, 0.717) is 30.0 Å². The number of hydrogen-bond donors (Lipinski definition) is 2. The molecule has 1 aromatic carbocycles. The number of hydrogen-bond acceptors (Lipinski definition) is 8. The third-order valence-corrected chi connectivity index (χ3v) is 7.16. The molecule has 4 aromatic rings. The first-order valence-corrected chi connectivity index (χ1v) is 13.0. The average Bonchev–Trinajstić information content (AvgIpc) is 3.61. The molecule has 1 aliphatic rings. The average molecular weight is 492 g/mol. The van der Waals surface area contributed by atoms with Gasteiger partial charge >= 0.3 is 0 Å². The molecule has 1 saturated heterocycles.